The predicted octanol–water partition coefficient (Wildman–Crippen LogP) is 0.876. The van der Waals surface area contributed by atoms with Crippen molar-refractivity contribution in [2.45, 2.75) is 0 Å². The smallest absolute Gasteiger partial charge is 0.250 e. The first-order valence-corrected chi connectivity index (χ1v) is 5.15. The maximum atomic E-state index is 11.5. The molecular weight excluding hydrogens is 204 g/mol. The van der Waals surface area contributed by atoms with Crippen LogP contribution in [0.5, 0.6) is 5.75 Å². The highest BCUT2D eigenvalue weighted by molar-refractivity contribution is 5.84. The number of hydrogen-bond acceptors (Lipinski definition) is 3. The Morgan fingerprint density at radius 3 is 2.88 bits per heavy atom. The Labute approximate surface area is 93.3 Å². The lowest BCUT2D eigenvalue weighted by atomic mass is 10.2. The first-order valence-electron chi connectivity index (χ1n) is 5.15. The molecule has 0 radical (unpaired) electrons. The van der Waals surface area contributed by atoms with Crippen molar-refractivity contribution in [1.82, 2.24) is 4.57 Å². The topological polar surface area (TPSA) is 57.2 Å². The van der Waals surface area contributed by atoms with E-state index in [1.807, 2.05) is 18.2 Å². The fourth-order valence-corrected chi connectivity index (χ4v) is 1.70. The van der Waals surface area contributed by atoms with Crippen molar-refractivity contribution in [3.63, 3.8) is 0 Å². The van der Waals surface area contributed by atoms with Gasteiger partial charge in [-0.3, -0.25) is 4.79 Å². The van der Waals surface area contributed by atoms with Crippen molar-refractivity contribution in [2.24, 2.45) is 12.8 Å². The van der Waals surface area contributed by atoms with Gasteiger partial charge in [0.1, 0.15) is 12.4 Å². The minimum absolute atomic E-state index is 0.0451. The van der Waals surface area contributed by atoms with Crippen LogP contribution in [0.1, 0.15) is 0 Å². The molecule has 2 rings (SSSR count). The van der Waals surface area contributed by atoms with Gasteiger partial charge in [0, 0.05) is 25.0 Å². The van der Waals surface area contributed by atoms with Gasteiger partial charge in [-0.1, -0.05) is 12.1 Å². The molecule has 0 unspecified atom stereocenters. The lowest BCUT2D eigenvalue weighted by Crippen LogP contribution is -2.17. The van der Waals surface area contributed by atoms with Gasteiger partial charge in [-0.2, -0.15) is 0 Å². The number of aromatic nitrogens is 1. The summed E-state index contributed by atoms with van der Waals surface area (Å²) in [6.45, 7) is 0.902. The highest BCUT2D eigenvalue weighted by Gasteiger charge is 2.05. The normalized spacial score (nSPS) is 10.6. The minimum atomic E-state index is -0.0451. The fraction of sp³-hybridized carbons (Fsp3) is 0.250. The molecule has 0 aliphatic heterocycles. The summed E-state index contributed by atoms with van der Waals surface area (Å²) in [5.41, 5.74) is 6.16. The second kappa shape index (κ2) is 4.37. The molecule has 1 aromatic carbocycles. The molecule has 1 heterocycles. The second-order valence-electron chi connectivity index (χ2n) is 3.56. The first kappa shape index (κ1) is 10.7. The van der Waals surface area contributed by atoms with Crippen molar-refractivity contribution in [1.29, 1.82) is 0 Å². The molecule has 1 aromatic heterocycles. The van der Waals surface area contributed by atoms with Crippen LogP contribution < -0.4 is 16.0 Å². The van der Waals surface area contributed by atoms with Crippen LogP contribution in [0.3, 0.4) is 0 Å². The second-order valence-corrected chi connectivity index (χ2v) is 3.56. The van der Waals surface area contributed by atoms with Crippen molar-refractivity contribution in [3.8, 4) is 5.75 Å². The van der Waals surface area contributed by atoms with Crippen molar-refractivity contribution < 1.29 is 4.74 Å². The summed E-state index contributed by atoms with van der Waals surface area (Å²) in [7, 11) is 1.74. The molecule has 0 amide bonds. The molecule has 0 spiro atoms. The molecule has 0 aliphatic rings. The summed E-state index contributed by atoms with van der Waals surface area (Å²) in [5.74, 6) is 0.697. The number of para-hydroxylation sites is 1. The highest BCUT2D eigenvalue weighted by atomic mass is 16.5. The Morgan fingerprint density at radius 1 is 1.31 bits per heavy atom. The van der Waals surface area contributed by atoms with Gasteiger partial charge in [0.05, 0.1) is 5.52 Å². The Balaban J connectivity index is 2.64. The predicted molar refractivity (Wildman–Crippen MR) is 63.7 cm³/mol. The van der Waals surface area contributed by atoms with Crippen LogP contribution in [0.25, 0.3) is 10.9 Å². The Bertz CT molecular complexity index is 560. The summed E-state index contributed by atoms with van der Waals surface area (Å²) in [6, 6.07) is 9.04. The number of benzene rings is 1. The lowest BCUT2D eigenvalue weighted by Gasteiger charge is -2.11. The standard InChI is InChI=1S/C12H14N2O2/c1-14-11(15)6-5-9-3-2-4-10(12(9)14)16-8-7-13/h2-6H,7-8,13H2,1H3. The molecule has 4 heteroatoms. The number of nitrogens with two attached hydrogens (primary N) is 1. The van der Waals surface area contributed by atoms with Crippen molar-refractivity contribution in [3.05, 3.63) is 40.7 Å². The summed E-state index contributed by atoms with van der Waals surface area (Å²) >= 11 is 0. The third-order valence-corrected chi connectivity index (χ3v) is 2.48. The third kappa shape index (κ3) is 1.79. The molecule has 4 nitrogen and oxygen atoms in total. The quantitative estimate of drug-likeness (QED) is 0.831. The van der Waals surface area contributed by atoms with Gasteiger partial charge >= 0.3 is 0 Å². The highest BCUT2D eigenvalue weighted by Crippen LogP contribution is 2.23. The van der Waals surface area contributed by atoms with Crippen molar-refractivity contribution >= 4 is 10.9 Å². The molecule has 0 atom stereocenters. The molecule has 2 N–H and O–H groups in total. The summed E-state index contributed by atoms with van der Waals surface area (Å²) in [5, 5.41) is 0.983. The van der Waals surface area contributed by atoms with Gasteiger partial charge in [-0.05, 0) is 12.1 Å². The summed E-state index contributed by atoms with van der Waals surface area (Å²) < 4.78 is 7.10. The van der Waals surface area contributed by atoms with Crippen LogP contribution >= 0.6 is 0 Å². The van der Waals surface area contributed by atoms with Crippen LogP contribution in [0.15, 0.2) is 35.1 Å². The monoisotopic (exact) mass is 218 g/mol. The van der Waals surface area contributed by atoms with Gasteiger partial charge in [0.15, 0.2) is 0 Å². The minimum Gasteiger partial charge on any atom is -0.490 e. The number of fused-ring (bicyclic) bond motifs is 1. The zero-order valence-corrected chi connectivity index (χ0v) is 9.14. The van der Waals surface area contributed by atoms with E-state index in [4.69, 9.17) is 10.5 Å². The van der Waals surface area contributed by atoms with E-state index in [2.05, 4.69) is 0 Å². The van der Waals surface area contributed by atoms with Gasteiger partial charge in [-0.25, -0.2) is 0 Å². The number of aryl methyl sites for hydroxylation is 1. The lowest BCUT2D eigenvalue weighted by molar-refractivity contribution is 0.330. The number of nitrogens with zero attached hydrogens (tertiary/aromatic N) is 1. The van der Waals surface area contributed by atoms with E-state index in [-0.39, 0.29) is 5.56 Å². The zero-order valence-electron chi connectivity index (χ0n) is 9.14. The average Bonchev–Trinajstić information content (AvgIpc) is 2.31. The van der Waals surface area contributed by atoms with E-state index >= 15 is 0 Å². The molecule has 2 aromatic rings. The molecule has 16 heavy (non-hydrogen) atoms. The molecule has 0 saturated heterocycles. The SMILES string of the molecule is Cn1c(=O)ccc2cccc(OCCN)c21. The number of hydrogen-bond donors (Lipinski definition) is 1. The van der Waals surface area contributed by atoms with E-state index in [1.165, 1.54) is 0 Å². The van der Waals surface area contributed by atoms with E-state index in [0.717, 1.165) is 10.9 Å². The summed E-state index contributed by atoms with van der Waals surface area (Å²) in [6.07, 6.45) is 0. The maximum absolute atomic E-state index is 11.5. The average molecular weight is 218 g/mol. The largest absolute Gasteiger partial charge is 0.490 e. The van der Waals surface area contributed by atoms with Gasteiger partial charge in [0.2, 0.25) is 0 Å². The van der Waals surface area contributed by atoms with Gasteiger partial charge in [-0.15, -0.1) is 0 Å². The third-order valence-electron chi connectivity index (χ3n) is 2.48. The molecule has 0 saturated carbocycles. The fourth-order valence-electron chi connectivity index (χ4n) is 1.70. The number of pyridine rings is 1. The Kier molecular flexibility index (Phi) is 2.92. The number of ether oxygens (including phenoxy) is 1. The van der Waals surface area contributed by atoms with Crippen molar-refractivity contribution in [2.75, 3.05) is 13.2 Å². The van der Waals surface area contributed by atoms with E-state index in [0.29, 0.717) is 18.9 Å². The maximum Gasteiger partial charge on any atom is 0.250 e. The van der Waals surface area contributed by atoms with E-state index < -0.39 is 0 Å². The van der Waals surface area contributed by atoms with Crippen LogP contribution in [0.2, 0.25) is 0 Å². The molecular formula is C12H14N2O2. The number of rotatable bonds is 3. The Hall–Kier alpha value is -1.81. The van der Waals surface area contributed by atoms with Gasteiger partial charge in [0.25, 0.3) is 5.56 Å². The molecule has 84 valence electrons. The first-order chi connectivity index (χ1) is 7.74. The molecule has 0 aliphatic carbocycles. The molecule has 0 fully saturated rings. The van der Waals surface area contributed by atoms with Gasteiger partial charge < -0.3 is 15.0 Å². The van der Waals surface area contributed by atoms with E-state index in [1.54, 1.807) is 23.7 Å². The summed E-state index contributed by atoms with van der Waals surface area (Å²) in [4.78, 5) is 11.5. The van der Waals surface area contributed by atoms with Crippen LogP contribution in [-0.2, 0) is 7.05 Å². The molecule has 0 bridgehead atoms. The van der Waals surface area contributed by atoms with Crippen LogP contribution in [0, 0.1) is 0 Å². The van der Waals surface area contributed by atoms with Crippen LogP contribution in [-0.4, -0.2) is 17.7 Å². The van der Waals surface area contributed by atoms with E-state index in [9.17, 15) is 4.79 Å². The zero-order chi connectivity index (χ0) is 11.5. The van der Waals surface area contributed by atoms with Crippen LogP contribution in [0.4, 0.5) is 0 Å². The Morgan fingerprint density at radius 2 is 2.12 bits per heavy atom.